The number of nitrogens with zero attached hydrogens (tertiary/aromatic N) is 2. The van der Waals surface area contributed by atoms with E-state index in [9.17, 15) is 9.59 Å². The van der Waals surface area contributed by atoms with Crippen LogP contribution in [0.25, 0.3) is 0 Å². The number of benzene rings is 1. The molecule has 1 aromatic heterocycles. The third-order valence-electron chi connectivity index (χ3n) is 5.35. The molecule has 2 aromatic rings. The van der Waals surface area contributed by atoms with Gasteiger partial charge in [0.1, 0.15) is 0 Å². The Bertz CT molecular complexity index is 822. The van der Waals surface area contributed by atoms with Gasteiger partial charge in [0, 0.05) is 43.9 Å². The molecule has 1 aromatic carbocycles. The lowest BCUT2D eigenvalue weighted by molar-refractivity contribution is -0.136. The van der Waals surface area contributed by atoms with E-state index in [0.29, 0.717) is 12.6 Å². The summed E-state index contributed by atoms with van der Waals surface area (Å²) < 4.78 is 2.22. The second kappa shape index (κ2) is 6.98. The van der Waals surface area contributed by atoms with Crippen LogP contribution in [-0.4, -0.2) is 33.9 Å². The van der Waals surface area contributed by atoms with E-state index in [0.717, 1.165) is 30.6 Å². The van der Waals surface area contributed by atoms with Crippen molar-refractivity contribution in [2.75, 3.05) is 6.54 Å². The van der Waals surface area contributed by atoms with Gasteiger partial charge in [-0.25, -0.2) is 0 Å². The lowest BCUT2D eigenvalue weighted by Gasteiger charge is -2.38. The zero-order chi connectivity index (χ0) is 18.1. The summed E-state index contributed by atoms with van der Waals surface area (Å²) in [6, 6.07) is 12.6. The molecule has 136 valence electrons. The molecule has 4 rings (SSSR count). The average molecular weight is 351 g/mol. The van der Waals surface area contributed by atoms with Gasteiger partial charge in [0.25, 0.3) is 0 Å². The fraction of sp³-hybridized carbons (Fsp3) is 0.429. The molecule has 0 saturated heterocycles. The normalized spacial score (nSPS) is 19.1. The number of aryl methyl sites for hydroxylation is 1. The fourth-order valence-corrected chi connectivity index (χ4v) is 3.76. The Labute approximate surface area is 154 Å². The minimum atomic E-state index is -0.0843. The molecule has 0 spiro atoms. The topological polar surface area (TPSA) is 54.3 Å². The number of fused-ring (bicyclic) bond motifs is 1. The first kappa shape index (κ1) is 16.9. The van der Waals surface area contributed by atoms with E-state index >= 15 is 0 Å². The van der Waals surface area contributed by atoms with Gasteiger partial charge in [0.15, 0.2) is 0 Å². The molecule has 1 atom stereocenters. The van der Waals surface area contributed by atoms with Crippen molar-refractivity contribution in [1.82, 2.24) is 14.8 Å². The number of aromatic nitrogens is 1. The van der Waals surface area contributed by atoms with Crippen LogP contribution in [0.2, 0.25) is 0 Å². The predicted octanol–water partition coefficient (Wildman–Crippen LogP) is 2.79. The average Bonchev–Trinajstić information content (AvgIpc) is 3.31. The second-order valence-corrected chi connectivity index (χ2v) is 7.31. The Balaban J connectivity index is 1.54. The zero-order valence-corrected chi connectivity index (χ0v) is 15.1. The van der Waals surface area contributed by atoms with Crippen LogP contribution in [0, 0.1) is 6.92 Å². The summed E-state index contributed by atoms with van der Waals surface area (Å²) in [5.74, 6) is 0.0466. The number of hydrogen-bond donors (Lipinski definition) is 1. The number of amides is 2. The van der Waals surface area contributed by atoms with Crippen molar-refractivity contribution in [2.24, 2.45) is 0 Å². The smallest absolute Gasteiger partial charge is 0.223 e. The molecule has 0 unspecified atom stereocenters. The Morgan fingerprint density at radius 3 is 2.65 bits per heavy atom. The highest BCUT2D eigenvalue weighted by atomic mass is 16.2. The molecule has 2 amide bonds. The monoisotopic (exact) mass is 351 g/mol. The van der Waals surface area contributed by atoms with Crippen LogP contribution in [0.3, 0.4) is 0 Å². The van der Waals surface area contributed by atoms with Gasteiger partial charge in [0.05, 0.1) is 6.04 Å². The highest BCUT2D eigenvalue weighted by Crippen LogP contribution is 2.34. The van der Waals surface area contributed by atoms with E-state index in [1.54, 1.807) is 0 Å². The maximum Gasteiger partial charge on any atom is 0.223 e. The van der Waals surface area contributed by atoms with E-state index in [4.69, 9.17) is 0 Å². The van der Waals surface area contributed by atoms with E-state index in [1.807, 2.05) is 23.1 Å². The summed E-state index contributed by atoms with van der Waals surface area (Å²) in [5, 5.41) is 2.96. The van der Waals surface area contributed by atoms with Crippen LogP contribution in [-0.2, 0) is 16.1 Å². The van der Waals surface area contributed by atoms with Crippen molar-refractivity contribution in [1.29, 1.82) is 0 Å². The third kappa shape index (κ3) is 3.39. The summed E-state index contributed by atoms with van der Waals surface area (Å²) in [7, 11) is 0. The molecule has 5 heteroatoms. The van der Waals surface area contributed by atoms with Crippen molar-refractivity contribution in [3.63, 3.8) is 0 Å². The van der Waals surface area contributed by atoms with Crippen molar-refractivity contribution in [3.05, 3.63) is 59.4 Å². The number of carbonyl (C=O) groups is 2. The maximum atomic E-state index is 13.0. The molecule has 1 aliphatic carbocycles. The first-order valence-electron chi connectivity index (χ1n) is 9.43. The molecule has 2 heterocycles. The highest BCUT2D eigenvalue weighted by molar-refractivity contribution is 5.84. The molecular formula is C21H25N3O2. The molecular weight excluding hydrogens is 326 g/mol. The lowest BCUT2D eigenvalue weighted by Crippen LogP contribution is -2.43. The maximum absolute atomic E-state index is 13.0. The summed E-state index contributed by atoms with van der Waals surface area (Å²) in [5.41, 5.74) is 3.47. The van der Waals surface area contributed by atoms with Crippen molar-refractivity contribution < 1.29 is 9.59 Å². The van der Waals surface area contributed by atoms with E-state index < -0.39 is 0 Å². The number of carbonyl (C=O) groups excluding carboxylic acids is 2. The SMILES string of the molecule is Cc1ccccc1[C@@H]1c2cccn2CCN1C(=O)CCC(=O)NC1CC1. The van der Waals surface area contributed by atoms with Crippen LogP contribution in [0.5, 0.6) is 0 Å². The molecule has 2 aliphatic rings. The minimum Gasteiger partial charge on any atom is -0.353 e. The molecule has 0 radical (unpaired) electrons. The second-order valence-electron chi connectivity index (χ2n) is 7.31. The largest absolute Gasteiger partial charge is 0.353 e. The number of nitrogens with one attached hydrogen (secondary N) is 1. The fourth-order valence-electron chi connectivity index (χ4n) is 3.76. The van der Waals surface area contributed by atoms with Gasteiger partial charge in [-0.2, -0.15) is 0 Å². The van der Waals surface area contributed by atoms with Crippen LogP contribution in [0.15, 0.2) is 42.6 Å². The Morgan fingerprint density at radius 1 is 1.08 bits per heavy atom. The van der Waals surface area contributed by atoms with Crippen LogP contribution >= 0.6 is 0 Å². The van der Waals surface area contributed by atoms with Gasteiger partial charge in [-0.3, -0.25) is 9.59 Å². The summed E-state index contributed by atoms with van der Waals surface area (Å²) >= 11 is 0. The minimum absolute atomic E-state index is 0.00586. The number of hydrogen-bond acceptors (Lipinski definition) is 2. The quantitative estimate of drug-likeness (QED) is 0.901. The molecule has 1 N–H and O–H groups in total. The van der Waals surface area contributed by atoms with Gasteiger partial charge >= 0.3 is 0 Å². The van der Waals surface area contributed by atoms with Gasteiger partial charge in [-0.05, 0) is 43.0 Å². The van der Waals surface area contributed by atoms with Crippen LogP contribution in [0.1, 0.15) is 48.5 Å². The first-order chi connectivity index (χ1) is 12.6. The molecule has 1 aliphatic heterocycles. The molecule has 0 bridgehead atoms. The van der Waals surface area contributed by atoms with Crippen molar-refractivity contribution in [2.45, 2.75) is 51.2 Å². The van der Waals surface area contributed by atoms with Crippen molar-refractivity contribution in [3.8, 4) is 0 Å². The van der Waals surface area contributed by atoms with Crippen molar-refractivity contribution >= 4 is 11.8 Å². The van der Waals surface area contributed by atoms with E-state index in [-0.39, 0.29) is 30.7 Å². The molecule has 1 fully saturated rings. The van der Waals surface area contributed by atoms with Crippen LogP contribution < -0.4 is 5.32 Å². The summed E-state index contributed by atoms with van der Waals surface area (Å²) in [6.07, 6.45) is 4.75. The van der Waals surface area contributed by atoms with Gasteiger partial charge in [0.2, 0.25) is 11.8 Å². The summed E-state index contributed by atoms with van der Waals surface area (Å²) in [4.78, 5) is 26.9. The number of rotatable bonds is 5. The lowest BCUT2D eigenvalue weighted by atomic mass is 9.95. The highest BCUT2D eigenvalue weighted by Gasteiger charge is 2.33. The third-order valence-corrected chi connectivity index (χ3v) is 5.35. The van der Waals surface area contributed by atoms with Gasteiger partial charge in [-0.15, -0.1) is 0 Å². The molecule has 1 saturated carbocycles. The van der Waals surface area contributed by atoms with Crippen LogP contribution in [0.4, 0.5) is 0 Å². The Hall–Kier alpha value is -2.56. The van der Waals surface area contributed by atoms with Gasteiger partial charge < -0.3 is 14.8 Å². The first-order valence-corrected chi connectivity index (χ1v) is 9.43. The molecule has 26 heavy (non-hydrogen) atoms. The standard InChI is InChI=1S/C21H25N3O2/c1-15-5-2-3-6-17(15)21-18-7-4-12-23(18)13-14-24(21)20(26)11-10-19(25)22-16-8-9-16/h2-7,12,16,21H,8-11,13-14H2,1H3,(H,22,25)/t21-/m1/s1. The zero-order valence-electron chi connectivity index (χ0n) is 15.1. The Kier molecular flexibility index (Phi) is 4.53. The Morgan fingerprint density at radius 2 is 1.88 bits per heavy atom. The van der Waals surface area contributed by atoms with E-state index in [1.165, 1.54) is 5.56 Å². The van der Waals surface area contributed by atoms with Gasteiger partial charge in [-0.1, -0.05) is 24.3 Å². The molecule has 5 nitrogen and oxygen atoms in total. The predicted molar refractivity (Wildman–Crippen MR) is 99.6 cm³/mol. The summed E-state index contributed by atoms with van der Waals surface area (Å²) in [6.45, 7) is 3.55. The van der Waals surface area contributed by atoms with E-state index in [2.05, 4.69) is 41.2 Å².